The van der Waals surface area contributed by atoms with E-state index in [-0.39, 0.29) is 0 Å². The standard InChI is InChI=1S/C8H9ClN2O/c1-12-8-6(5-2-3-5)4-7(9)10-11-8/h4-5H,2-3H2,1H3. The summed E-state index contributed by atoms with van der Waals surface area (Å²) in [7, 11) is 1.60. The Kier molecular flexibility index (Phi) is 1.89. The van der Waals surface area contributed by atoms with Crippen LogP contribution in [0.5, 0.6) is 5.88 Å². The van der Waals surface area contributed by atoms with Crippen molar-refractivity contribution < 1.29 is 4.74 Å². The molecule has 0 aliphatic heterocycles. The van der Waals surface area contributed by atoms with Gasteiger partial charge >= 0.3 is 0 Å². The smallest absolute Gasteiger partial charge is 0.236 e. The molecule has 64 valence electrons. The van der Waals surface area contributed by atoms with E-state index in [9.17, 15) is 0 Å². The molecule has 0 radical (unpaired) electrons. The van der Waals surface area contributed by atoms with Gasteiger partial charge in [0.2, 0.25) is 5.88 Å². The van der Waals surface area contributed by atoms with Crippen LogP contribution in [0.1, 0.15) is 24.3 Å². The second-order valence-corrected chi connectivity index (χ2v) is 3.29. The molecule has 1 fully saturated rings. The number of rotatable bonds is 2. The average Bonchev–Trinajstić information content (AvgIpc) is 2.87. The molecule has 0 N–H and O–H groups in total. The highest BCUT2D eigenvalue weighted by atomic mass is 35.5. The summed E-state index contributed by atoms with van der Waals surface area (Å²) in [5, 5.41) is 8.01. The zero-order chi connectivity index (χ0) is 8.55. The van der Waals surface area contributed by atoms with E-state index in [2.05, 4.69) is 10.2 Å². The SMILES string of the molecule is COc1nnc(Cl)cc1C1CC1. The molecule has 4 heteroatoms. The summed E-state index contributed by atoms with van der Waals surface area (Å²) >= 11 is 5.72. The first kappa shape index (κ1) is 7.80. The van der Waals surface area contributed by atoms with E-state index in [0.717, 1.165) is 5.56 Å². The van der Waals surface area contributed by atoms with Crippen molar-refractivity contribution in [2.45, 2.75) is 18.8 Å². The zero-order valence-corrected chi connectivity index (χ0v) is 7.51. The number of methoxy groups -OCH3 is 1. The molecule has 1 aliphatic rings. The van der Waals surface area contributed by atoms with Gasteiger partial charge in [-0.05, 0) is 24.8 Å². The Morgan fingerprint density at radius 3 is 2.83 bits per heavy atom. The van der Waals surface area contributed by atoms with Gasteiger partial charge in [0, 0.05) is 5.56 Å². The fraction of sp³-hybridized carbons (Fsp3) is 0.500. The summed E-state index contributed by atoms with van der Waals surface area (Å²) in [5.41, 5.74) is 1.09. The van der Waals surface area contributed by atoms with Crippen molar-refractivity contribution in [2.75, 3.05) is 7.11 Å². The zero-order valence-electron chi connectivity index (χ0n) is 6.75. The number of halogens is 1. The predicted octanol–water partition coefficient (Wildman–Crippen LogP) is 2.02. The molecule has 1 heterocycles. The van der Waals surface area contributed by atoms with E-state index in [1.165, 1.54) is 12.8 Å². The minimum atomic E-state index is 0.442. The molecule has 0 atom stereocenters. The molecule has 0 bridgehead atoms. The van der Waals surface area contributed by atoms with Crippen LogP contribution in [-0.4, -0.2) is 17.3 Å². The van der Waals surface area contributed by atoms with Crippen molar-refractivity contribution in [3.05, 3.63) is 16.8 Å². The summed E-state index contributed by atoms with van der Waals surface area (Å²) in [6, 6.07) is 1.84. The molecule has 0 spiro atoms. The minimum absolute atomic E-state index is 0.442. The van der Waals surface area contributed by atoms with Gasteiger partial charge in [-0.2, -0.15) is 0 Å². The fourth-order valence-electron chi connectivity index (χ4n) is 1.22. The van der Waals surface area contributed by atoms with Crippen molar-refractivity contribution in [1.29, 1.82) is 0 Å². The van der Waals surface area contributed by atoms with Gasteiger partial charge in [-0.1, -0.05) is 11.6 Å². The molecule has 2 rings (SSSR count). The van der Waals surface area contributed by atoms with E-state index in [1.807, 2.05) is 6.07 Å². The Morgan fingerprint density at radius 2 is 2.25 bits per heavy atom. The van der Waals surface area contributed by atoms with Crippen LogP contribution in [0.25, 0.3) is 0 Å². The first-order chi connectivity index (χ1) is 5.81. The third-order valence-corrected chi connectivity index (χ3v) is 2.15. The van der Waals surface area contributed by atoms with Gasteiger partial charge in [0.25, 0.3) is 0 Å². The van der Waals surface area contributed by atoms with Crippen molar-refractivity contribution in [1.82, 2.24) is 10.2 Å². The molecule has 0 aromatic carbocycles. The topological polar surface area (TPSA) is 35.0 Å². The number of hydrogen-bond acceptors (Lipinski definition) is 3. The largest absolute Gasteiger partial charge is 0.480 e. The minimum Gasteiger partial charge on any atom is -0.480 e. The number of aromatic nitrogens is 2. The van der Waals surface area contributed by atoms with Gasteiger partial charge in [-0.25, -0.2) is 0 Å². The lowest BCUT2D eigenvalue weighted by Crippen LogP contribution is -1.95. The first-order valence-corrected chi connectivity index (χ1v) is 4.26. The highest BCUT2D eigenvalue weighted by Gasteiger charge is 2.27. The highest BCUT2D eigenvalue weighted by molar-refractivity contribution is 6.29. The summed E-state index contributed by atoms with van der Waals surface area (Å²) in [4.78, 5) is 0. The van der Waals surface area contributed by atoms with Gasteiger partial charge in [-0.3, -0.25) is 0 Å². The Morgan fingerprint density at radius 1 is 1.50 bits per heavy atom. The maximum atomic E-state index is 5.72. The van der Waals surface area contributed by atoms with Crippen LogP contribution in [0.4, 0.5) is 0 Å². The van der Waals surface area contributed by atoms with Crippen LogP contribution in [0.15, 0.2) is 6.07 Å². The lowest BCUT2D eigenvalue weighted by molar-refractivity contribution is 0.386. The summed E-state index contributed by atoms with van der Waals surface area (Å²) in [6.45, 7) is 0. The van der Waals surface area contributed by atoms with Gasteiger partial charge in [0.05, 0.1) is 7.11 Å². The van der Waals surface area contributed by atoms with E-state index in [0.29, 0.717) is 17.0 Å². The molecule has 0 amide bonds. The Bertz CT molecular complexity index is 299. The normalized spacial score (nSPS) is 16.2. The third-order valence-electron chi connectivity index (χ3n) is 1.97. The fourth-order valence-corrected chi connectivity index (χ4v) is 1.37. The molecule has 3 nitrogen and oxygen atoms in total. The van der Waals surface area contributed by atoms with Gasteiger partial charge in [0.15, 0.2) is 5.15 Å². The number of hydrogen-bond donors (Lipinski definition) is 0. The molecule has 1 saturated carbocycles. The quantitative estimate of drug-likeness (QED) is 0.706. The van der Waals surface area contributed by atoms with E-state index < -0.39 is 0 Å². The van der Waals surface area contributed by atoms with Crippen molar-refractivity contribution in [3.8, 4) is 5.88 Å². The maximum absolute atomic E-state index is 5.72. The van der Waals surface area contributed by atoms with Crippen LogP contribution in [0.3, 0.4) is 0 Å². The summed E-state index contributed by atoms with van der Waals surface area (Å²) in [5.74, 6) is 1.20. The lowest BCUT2D eigenvalue weighted by atomic mass is 10.2. The monoisotopic (exact) mass is 184 g/mol. The van der Waals surface area contributed by atoms with Crippen molar-refractivity contribution in [3.63, 3.8) is 0 Å². The molecule has 1 aromatic heterocycles. The summed E-state index contributed by atoms with van der Waals surface area (Å²) < 4.78 is 5.07. The molecular formula is C8H9ClN2O. The molecule has 0 unspecified atom stereocenters. The van der Waals surface area contributed by atoms with E-state index >= 15 is 0 Å². The second kappa shape index (κ2) is 2.90. The maximum Gasteiger partial charge on any atom is 0.236 e. The van der Waals surface area contributed by atoms with E-state index in [1.54, 1.807) is 7.11 Å². The highest BCUT2D eigenvalue weighted by Crippen LogP contribution is 2.43. The Balaban J connectivity index is 2.39. The third kappa shape index (κ3) is 1.37. The molecule has 1 aliphatic carbocycles. The van der Waals surface area contributed by atoms with Crippen LogP contribution in [-0.2, 0) is 0 Å². The van der Waals surface area contributed by atoms with E-state index in [4.69, 9.17) is 16.3 Å². The van der Waals surface area contributed by atoms with Gasteiger partial charge in [0.1, 0.15) is 0 Å². The van der Waals surface area contributed by atoms with Crippen LogP contribution in [0.2, 0.25) is 5.15 Å². The van der Waals surface area contributed by atoms with Crippen molar-refractivity contribution >= 4 is 11.6 Å². The van der Waals surface area contributed by atoms with Crippen molar-refractivity contribution in [2.24, 2.45) is 0 Å². The molecular weight excluding hydrogens is 176 g/mol. The lowest BCUT2D eigenvalue weighted by Gasteiger charge is -2.03. The second-order valence-electron chi connectivity index (χ2n) is 2.91. The Labute approximate surface area is 75.7 Å². The van der Waals surface area contributed by atoms with Crippen LogP contribution in [0, 0.1) is 0 Å². The Hall–Kier alpha value is -0.830. The van der Waals surface area contributed by atoms with Crippen LogP contribution < -0.4 is 4.74 Å². The molecule has 1 aromatic rings. The summed E-state index contributed by atoms with van der Waals surface area (Å²) in [6.07, 6.45) is 2.41. The molecule has 0 saturated heterocycles. The average molecular weight is 185 g/mol. The van der Waals surface area contributed by atoms with Gasteiger partial charge in [-0.15, -0.1) is 10.2 Å². The molecule has 12 heavy (non-hydrogen) atoms. The van der Waals surface area contributed by atoms with Gasteiger partial charge < -0.3 is 4.74 Å². The first-order valence-electron chi connectivity index (χ1n) is 3.88. The predicted molar refractivity (Wildman–Crippen MR) is 45.6 cm³/mol. The number of ether oxygens (including phenoxy) is 1. The number of nitrogens with zero attached hydrogens (tertiary/aromatic N) is 2. The van der Waals surface area contributed by atoms with Crippen LogP contribution >= 0.6 is 11.6 Å².